The Balaban J connectivity index is 1.48. The zero-order valence-electron chi connectivity index (χ0n) is 18.7. The van der Waals surface area contributed by atoms with Gasteiger partial charge in [0.2, 0.25) is 0 Å². The molecule has 8 heteroatoms. The van der Waals surface area contributed by atoms with Gasteiger partial charge in [-0.1, -0.05) is 0 Å². The second kappa shape index (κ2) is 8.11. The summed E-state index contributed by atoms with van der Waals surface area (Å²) >= 11 is 0. The van der Waals surface area contributed by atoms with Crippen molar-refractivity contribution >= 4 is 16.7 Å². The number of rotatable bonds is 6. The predicted molar refractivity (Wildman–Crippen MR) is 123 cm³/mol. The molecule has 3 aromatic heterocycles. The number of hydrogen-bond donors (Lipinski definition) is 1. The van der Waals surface area contributed by atoms with Gasteiger partial charge >= 0.3 is 0 Å². The molecule has 1 N–H and O–H groups in total. The molecule has 1 unspecified atom stereocenters. The average Bonchev–Trinajstić information content (AvgIpc) is 3.16. The van der Waals surface area contributed by atoms with E-state index in [0.717, 1.165) is 69.4 Å². The highest BCUT2D eigenvalue weighted by Crippen LogP contribution is 2.36. The van der Waals surface area contributed by atoms with Crippen LogP contribution in [0.15, 0.2) is 36.7 Å². The Morgan fingerprint density at radius 1 is 1.12 bits per heavy atom. The second-order valence-corrected chi connectivity index (χ2v) is 8.16. The third-order valence-electron chi connectivity index (χ3n) is 6.01. The number of nitrogens with one attached hydrogen (secondary N) is 1. The van der Waals surface area contributed by atoms with Crippen LogP contribution in [0.3, 0.4) is 0 Å². The van der Waals surface area contributed by atoms with Gasteiger partial charge in [-0.2, -0.15) is 15.3 Å². The molecule has 1 aliphatic rings. The fraction of sp³-hybridized carbons (Fsp3) is 0.333. The average molecular weight is 431 g/mol. The molecular formula is C24H26N6O2. The lowest BCUT2D eigenvalue weighted by atomic mass is 10.0. The van der Waals surface area contributed by atoms with E-state index in [4.69, 9.17) is 9.47 Å². The highest BCUT2D eigenvalue weighted by molar-refractivity contribution is 5.94. The first-order valence-electron chi connectivity index (χ1n) is 10.8. The Bertz CT molecular complexity index is 1260. The van der Waals surface area contributed by atoms with Crippen LogP contribution in [0.1, 0.15) is 36.3 Å². The molecule has 0 aliphatic carbocycles. The zero-order chi connectivity index (χ0) is 22.2. The number of fused-ring (bicyclic) bond motifs is 1. The third kappa shape index (κ3) is 3.51. The number of aromatic amines is 1. The van der Waals surface area contributed by atoms with Crippen molar-refractivity contribution in [3.8, 4) is 22.8 Å². The number of anilines is 1. The van der Waals surface area contributed by atoms with E-state index in [-0.39, 0.29) is 6.10 Å². The number of ether oxygens (including phenoxy) is 2. The molecule has 4 aromatic rings. The van der Waals surface area contributed by atoms with Crippen LogP contribution in [-0.4, -0.2) is 45.6 Å². The summed E-state index contributed by atoms with van der Waals surface area (Å²) in [6, 6.07) is 7.95. The van der Waals surface area contributed by atoms with E-state index in [0.29, 0.717) is 0 Å². The highest BCUT2D eigenvalue weighted by atomic mass is 16.5. The quantitative estimate of drug-likeness (QED) is 0.485. The fourth-order valence-corrected chi connectivity index (χ4v) is 4.26. The molecule has 0 radical (unpaired) electrons. The summed E-state index contributed by atoms with van der Waals surface area (Å²) in [5.41, 5.74) is 5.65. The second-order valence-electron chi connectivity index (χ2n) is 8.16. The lowest BCUT2D eigenvalue weighted by molar-refractivity contribution is 0.225. The van der Waals surface area contributed by atoms with Crippen molar-refractivity contribution in [2.75, 3.05) is 25.1 Å². The van der Waals surface area contributed by atoms with Gasteiger partial charge in [-0.25, -0.2) is 4.98 Å². The Labute approximate surface area is 186 Å². The molecule has 1 saturated heterocycles. The molecule has 8 nitrogen and oxygen atoms in total. The maximum atomic E-state index is 6.29. The molecule has 4 heterocycles. The number of benzene rings is 1. The largest absolute Gasteiger partial charge is 0.493 e. The number of hydrogen-bond acceptors (Lipinski definition) is 7. The van der Waals surface area contributed by atoms with Gasteiger partial charge in [0.05, 0.1) is 24.5 Å². The van der Waals surface area contributed by atoms with Crippen LogP contribution in [0.25, 0.3) is 22.2 Å². The smallest absolute Gasteiger partial charge is 0.171 e. The van der Waals surface area contributed by atoms with Crippen molar-refractivity contribution < 1.29 is 9.47 Å². The minimum absolute atomic E-state index is 0.157. The Morgan fingerprint density at radius 2 is 1.97 bits per heavy atom. The third-order valence-corrected chi connectivity index (χ3v) is 6.01. The summed E-state index contributed by atoms with van der Waals surface area (Å²) in [5, 5.41) is 16.8. The molecule has 0 bridgehead atoms. The van der Waals surface area contributed by atoms with Crippen molar-refractivity contribution in [3.63, 3.8) is 0 Å². The van der Waals surface area contributed by atoms with Gasteiger partial charge in [-0.3, -0.25) is 5.10 Å². The summed E-state index contributed by atoms with van der Waals surface area (Å²) in [6.45, 7) is 8.04. The van der Waals surface area contributed by atoms with E-state index in [1.54, 1.807) is 13.3 Å². The molecule has 1 fully saturated rings. The molecule has 0 amide bonds. The SMILES string of the molecule is COc1cc(-c2n[nH]c3ccc(OC(C)c4c(C)cnnc4C)cc23)cnc1N1CCC1. The number of aryl methyl sites for hydroxylation is 2. The monoisotopic (exact) mass is 430 g/mol. The van der Waals surface area contributed by atoms with E-state index in [2.05, 4.69) is 30.3 Å². The summed E-state index contributed by atoms with van der Waals surface area (Å²) in [5.74, 6) is 2.41. The van der Waals surface area contributed by atoms with Gasteiger partial charge < -0.3 is 14.4 Å². The van der Waals surface area contributed by atoms with E-state index < -0.39 is 0 Å². The minimum Gasteiger partial charge on any atom is -0.493 e. The lowest BCUT2D eigenvalue weighted by Crippen LogP contribution is -2.37. The van der Waals surface area contributed by atoms with Crippen molar-refractivity contribution in [2.45, 2.75) is 33.3 Å². The topological polar surface area (TPSA) is 89.0 Å². The van der Waals surface area contributed by atoms with Gasteiger partial charge in [-0.15, -0.1) is 0 Å². The first-order valence-corrected chi connectivity index (χ1v) is 10.8. The van der Waals surface area contributed by atoms with Gasteiger partial charge in [0.15, 0.2) is 11.6 Å². The van der Waals surface area contributed by atoms with Crippen LogP contribution in [0.5, 0.6) is 11.5 Å². The molecule has 5 rings (SSSR count). The number of H-pyrrole nitrogens is 1. The van der Waals surface area contributed by atoms with Crippen LogP contribution in [0.4, 0.5) is 5.82 Å². The Hall–Kier alpha value is -3.68. The normalized spacial score (nSPS) is 14.3. The molecular weight excluding hydrogens is 404 g/mol. The summed E-state index contributed by atoms with van der Waals surface area (Å²) in [6.07, 6.45) is 4.66. The van der Waals surface area contributed by atoms with Crippen molar-refractivity contribution in [1.82, 2.24) is 25.4 Å². The minimum atomic E-state index is -0.157. The summed E-state index contributed by atoms with van der Waals surface area (Å²) in [7, 11) is 1.68. The standard InChI is InChI=1S/C24H26N6O2/c1-14-12-26-27-15(2)22(14)16(3)32-18-6-7-20-19(11-18)23(29-28-20)17-10-21(31-4)24(25-13-17)30-8-5-9-30/h6-7,10-13,16H,5,8-9H2,1-4H3,(H,28,29). The van der Waals surface area contributed by atoms with Crippen LogP contribution >= 0.6 is 0 Å². The van der Waals surface area contributed by atoms with E-state index in [1.807, 2.05) is 51.2 Å². The van der Waals surface area contributed by atoms with E-state index >= 15 is 0 Å². The van der Waals surface area contributed by atoms with Crippen LogP contribution in [0, 0.1) is 13.8 Å². The molecule has 164 valence electrons. The van der Waals surface area contributed by atoms with Gasteiger partial charge in [0.25, 0.3) is 0 Å². The van der Waals surface area contributed by atoms with Gasteiger partial charge in [0, 0.05) is 35.8 Å². The van der Waals surface area contributed by atoms with Crippen LogP contribution < -0.4 is 14.4 Å². The number of methoxy groups -OCH3 is 1. The molecule has 1 aliphatic heterocycles. The predicted octanol–water partition coefficient (Wildman–Crippen LogP) is 4.39. The molecule has 1 aromatic carbocycles. The van der Waals surface area contributed by atoms with Crippen molar-refractivity contribution in [2.24, 2.45) is 0 Å². The molecule has 0 saturated carbocycles. The first-order chi connectivity index (χ1) is 15.5. The van der Waals surface area contributed by atoms with Crippen molar-refractivity contribution in [3.05, 3.63) is 53.5 Å². The lowest BCUT2D eigenvalue weighted by Gasteiger charge is -2.32. The van der Waals surface area contributed by atoms with E-state index in [1.165, 1.54) is 6.42 Å². The maximum absolute atomic E-state index is 6.29. The molecule has 32 heavy (non-hydrogen) atoms. The Morgan fingerprint density at radius 3 is 2.69 bits per heavy atom. The van der Waals surface area contributed by atoms with Crippen LogP contribution in [0.2, 0.25) is 0 Å². The van der Waals surface area contributed by atoms with Crippen LogP contribution in [-0.2, 0) is 0 Å². The van der Waals surface area contributed by atoms with Crippen molar-refractivity contribution in [1.29, 1.82) is 0 Å². The number of aromatic nitrogens is 5. The summed E-state index contributed by atoms with van der Waals surface area (Å²) in [4.78, 5) is 6.89. The van der Waals surface area contributed by atoms with Gasteiger partial charge in [0.1, 0.15) is 17.5 Å². The number of nitrogens with zero attached hydrogens (tertiary/aromatic N) is 5. The maximum Gasteiger partial charge on any atom is 0.171 e. The van der Waals surface area contributed by atoms with E-state index in [9.17, 15) is 0 Å². The number of pyridine rings is 1. The molecule has 1 atom stereocenters. The summed E-state index contributed by atoms with van der Waals surface area (Å²) < 4.78 is 11.9. The Kier molecular flexibility index (Phi) is 5.13. The fourth-order valence-electron chi connectivity index (χ4n) is 4.26. The van der Waals surface area contributed by atoms with Gasteiger partial charge in [-0.05, 0) is 57.0 Å². The zero-order valence-corrected chi connectivity index (χ0v) is 18.7. The first kappa shape index (κ1) is 20.2. The molecule has 0 spiro atoms. The highest BCUT2D eigenvalue weighted by Gasteiger charge is 2.21.